The van der Waals surface area contributed by atoms with E-state index in [0.29, 0.717) is 13.2 Å². The summed E-state index contributed by atoms with van der Waals surface area (Å²) >= 11 is 0. The number of hydrogen-bond acceptors (Lipinski definition) is 3. The molecule has 1 heterocycles. The zero-order valence-electron chi connectivity index (χ0n) is 12.9. The summed E-state index contributed by atoms with van der Waals surface area (Å²) in [5.41, 5.74) is 2.02. The minimum Gasteiger partial charge on any atom is -0.494 e. The molecule has 114 valence electrons. The molecule has 0 atom stereocenters. The number of nitrogens with zero attached hydrogens (tertiary/aromatic N) is 2. The molecule has 1 amide bonds. The normalized spacial score (nSPS) is 10.6. The lowest BCUT2D eigenvalue weighted by Gasteiger charge is -2.14. The van der Waals surface area contributed by atoms with Gasteiger partial charge in [0.2, 0.25) is 5.91 Å². The second-order valence-corrected chi connectivity index (χ2v) is 4.89. The average molecular weight is 296 g/mol. The molecule has 4 nitrogen and oxygen atoms in total. The molecule has 4 heteroatoms. The van der Waals surface area contributed by atoms with Gasteiger partial charge in [0, 0.05) is 32.1 Å². The molecule has 0 aliphatic carbocycles. The molecule has 2 aromatic rings. The Bertz CT molecular complexity index is 621. The maximum absolute atomic E-state index is 12.1. The van der Waals surface area contributed by atoms with Crippen LogP contribution in [0.2, 0.25) is 0 Å². The van der Waals surface area contributed by atoms with Crippen molar-refractivity contribution in [1.29, 1.82) is 0 Å². The first-order valence-corrected chi connectivity index (χ1v) is 7.24. The molecule has 0 saturated heterocycles. The third-order valence-corrected chi connectivity index (χ3v) is 3.15. The van der Waals surface area contributed by atoms with Gasteiger partial charge in [-0.05, 0) is 48.4 Å². The van der Waals surface area contributed by atoms with Crippen LogP contribution in [0, 0.1) is 0 Å². The first kappa shape index (κ1) is 15.8. The summed E-state index contributed by atoms with van der Waals surface area (Å²) in [6.45, 7) is 3.16. The molecule has 0 spiro atoms. The van der Waals surface area contributed by atoms with Crippen molar-refractivity contribution in [3.05, 3.63) is 66.0 Å². The van der Waals surface area contributed by atoms with Crippen LogP contribution >= 0.6 is 0 Å². The smallest absolute Gasteiger partial charge is 0.246 e. The van der Waals surface area contributed by atoms with E-state index in [1.54, 1.807) is 36.5 Å². The van der Waals surface area contributed by atoms with Crippen LogP contribution in [0.1, 0.15) is 18.1 Å². The van der Waals surface area contributed by atoms with Crippen LogP contribution in [-0.2, 0) is 11.3 Å². The van der Waals surface area contributed by atoms with Crippen LogP contribution < -0.4 is 4.74 Å². The Morgan fingerprint density at radius 2 is 1.86 bits per heavy atom. The minimum atomic E-state index is -0.0364. The Balaban J connectivity index is 1.92. The topological polar surface area (TPSA) is 42.4 Å². The van der Waals surface area contributed by atoms with E-state index in [2.05, 4.69) is 4.98 Å². The highest BCUT2D eigenvalue weighted by Crippen LogP contribution is 2.13. The van der Waals surface area contributed by atoms with Crippen LogP contribution in [0.3, 0.4) is 0 Å². The van der Waals surface area contributed by atoms with E-state index in [-0.39, 0.29) is 5.91 Å². The predicted molar refractivity (Wildman–Crippen MR) is 87.4 cm³/mol. The van der Waals surface area contributed by atoms with Crippen molar-refractivity contribution in [3.8, 4) is 5.75 Å². The van der Waals surface area contributed by atoms with E-state index in [1.807, 2.05) is 43.3 Å². The first-order chi connectivity index (χ1) is 10.7. The van der Waals surface area contributed by atoms with Gasteiger partial charge >= 0.3 is 0 Å². The Labute approximate surface area is 131 Å². The van der Waals surface area contributed by atoms with Crippen LogP contribution in [0.25, 0.3) is 6.08 Å². The minimum absolute atomic E-state index is 0.0364. The lowest BCUT2D eigenvalue weighted by Crippen LogP contribution is -2.24. The van der Waals surface area contributed by atoms with Gasteiger partial charge in [-0.3, -0.25) is 9.78 Å². The van der Waals surface area contributed by atoms with Crippen molar-refractivity contribution in [2.45, 2.75) is 13.5 Å². The number of amides is 1. The lowest BCUT2D eigenvalue weighted by atomic mass is 10.2. The number of likely N-dealkylation sites (N-methyl/N-ethyl adjacent to an activating group) is 1. The SMILES string of the molecule is CCOc1ccc(/C=C\C(=O)N(C)Cc2ccncc2)cc1. The molecule has 1 aromatic heterocycles. The molecule has 0 aliphatic heterocycles. The van der Waals surface area contributed by atoms with E-state index in [0.717, 1.165) is 16.9 Å². The Hall–Kier alpha value is -2.62. The fourth-order valence-corrected chi connectivity index (χ4v) is 1.98. The highest BCUT2D eigenvalue weighted by molar-refractivity contribution is 5.91. The second-order valence-electron chi connectivity index (χ2n) is 4.89. The number of ether oxygens (including phenoxy) is 1. The lowest BCUT2D eigenvalue weighted by molar-refractivity contribution is -0.125. The molecule has 0 bridgehead atoms. The number of hydrogen-bond donors (Lipinski definition) is 0. The summed E-state index contributed by atoms with van der Waals surface area (Å²) in [4.78, 5) is 17.7. The van der Waals surface area contributed by atoms with Crippen LogP contribution in [0.5, 0.6) is 5.75 Å². The third kappa shape index (κ3) is 4.74. The molecule has 22 heavy (non-hydrogen) atoms. The summed E-state index contributed by atoms with van der Waals surface area (Å²) in [6, 6.07) is 11.5. The van der Waals surface area contributed by atoms with Crippen molar-refractivity contribution in [2.75, 3.05) is 13.7 Å². The number of pyridine rings is 1. The monoisotopic (exact) mass is 296 g/mol. The van der Waals surface area contributed by atoms with Gasteiger partial charge in [0.15, 0.2) is 0 Å². The van der Waals surface area contributed by atoms with Crippen molar-refractivity contribution >= 4 is 12.0 Å². The van der Waals surface area contributed by atoms with Crippen molar-refractivity contribution in [2.24, 2.45) is 0 Å². The maximum Gasteiger partial charge on any atom is 0.246 e. The molecule has 0 aliphatic rings. The second kappa shape index (κ2) is 7.98. The van der Waals surface area contributed by atoms with Gasteiger partial charge in [0.25, 0.3) is 0 Å². The van der Waals surface area contributed by atoms with E-state index < -0.39 is 0 Å². The van der Waals surface area contributed by atoms with Crippen LogP contribution in [0.4, 0.5) is 0 Å². The van der Waals surface area contributed by atoms with E-state index in [4.69, 9.17) is 4.74 Å². The van der Waals surface area contributed by atoms with Crippen LogP contribution in [-0.4, -0.2) is 29.4 Å². The molecular weight excluding hydrogens is 276 g/mol. The molecule has 0 N–H and O–H groups in total. The summed E-state index contributed by atoms with van der Waals surface area (Å²) in [5.74, 6) is 0.798. The van der Waals surface area contributed by atoms with Gasteiger partial charge in [0.1, 0.15) is 5.75 Å². The Kier molecular flexibility index (Phi) is 5.72. The molecule has 0 radical (unpaired) electrons. The van der Waals surface area contributed by atoms with Crippen molar-refractivity contribution in [1.82, 2.24) is 9.88 Å². The Morgan fingerprint density at radius 3 is 2.50 bits per heavy atom. The maximum atomic E-state index is 12.1. The molecular formula is C18H20N2O2. The number of carbonyl (C=O) groups is 1. The highest BCUT2D eigenvalue weighted by atomic mass is 16.5. The third-order valence-electron chi connectivity index (χ3n) is 3.15. The molecule has 1 aromatic carbocycles. The van der Waals surface area contributed by atoms with Crippen molar-refractivity contribution < 1.29 is 9.53 Å². The summed E-state index contributed by atoms with van der Waals surface area (Å²) < 4.78 is 5.39. The molecule has 0 saturated carbocycles. The van der Waals surface area contributed by atoms with Crippen molar-refractivity contribution in [3.63, 3.8) is 0 Å². The zero-order chi connectivity index (χ0) is 15.8. The fraction of sp³-hybridized carbons (Fsp3) is 0.222. The Morgan fingerprint density at radius 1 is 1.18 bits per heavy atom. The van der Waals surface area contributed by atoms with Gasteiger partial charge < -0.3 is 9.64 Å². The highest BCUT2D eigenvalue weighted by Gasteiger charge is 2.05. The van der Waals surface area contributed by atoms with Gasteiger partial charge in [-0.15, -0.1) is 0 Å². The number of rotatable bonds is 6. The van der Waals surface area contributed by atoms with Gasteiger partial charge in [0.05, 0.1) is 6.61 Å². The number of carbonyl (C=O) groups excluding carboxylic acids is 1. The molecule has 0 fully saturated rings. The number of aromatic nitrogens is 1. The standard InChI is InChI=1S/C18H20N2O2/c1-3-22-17-7-4-15(5-8-17)6-9-18(21)20(2)14-16-10-12-19-13-11-16/h4-13H,3,14H2,1-2H3/b9-6-. The van der Waals surface area contributed by atoms with E-state index >= 15 is 0 Å². The van der Waals surface area contributed by atoms with Gasteiger partial charge in [-0.2, -0.15) is 0 Å². The van der Waals surface area contributed by atoms with Gasteiger partial charge in [-0.1, -0.05) is 12.1 Å². The average Bonchev–Trinajstić information content (AvgIpc) is 2.55. The molecule has 2 rings (SSSR count). The van der Waals surface area contributed by atoms with Crippen LogP contribution in [0.15, 0.2) is 54.9 Å². The quantitative estimate of drug-likeness (QED) is 0.769. The fourth-order valence-electron chi connectivity index (χ4n) is 1.98. The molecule has 0 unspecified atom stereocenters. The summed E-state index contributed by atoms with van der Waals surface area (Å²) in [7, 11) is 1.78. The summed E-state index contributed by atoms with van der Waals surface area (Å²) in [5, 5.41) is 0. The number of benzene rings is 1. The van der Waals surface area contributed by atoms with E-state index in [9.17, 15) is 4.79 Å². The summed E-state index contributed by atoms with van der Waals surface area (Å²) in [6.07, 6.45) is 6.84. The largest absolute Gasteiger partial charge is 0.494 e. The predicted octanol–water partition coefficient (Wildman–Crippen LogP) is 3.15. The van der Waals surface area contributed by atoms with Gasteiger partial charge in [-0.25, -0.2) is 0 Å². The van der Waals surface area contributed by atoms with E-state index in [1.165, 1.54) is 0 Å². The first-order valence-electron chi connectivity index (χ1n) is 7.24. The zero-order valence-corrected chi connectivity index (χ0v) is 12.9.